The van der Waals surface area contributed by atoms with Crippen molar-refractivity contribution in [2.24, 2.45) is 5.92 Å². The third-order valence-electron chi connectivity index (χ3n) is 7.55. The van der Waals surface area contributed by atoms with E-state index < -0.39 is 36.1 Å². The van der Waals surface area contributed by atoms with Gasteiger partial charge < -0.3 is 19.7 Å². The number of hydrogen-bond donors (Lipinski definition) is 1. The first-order valence-electron chi connectivity index (χ1n) is 14.4. The van der Waals surface area contributed by atoms with E-state index >= 15 is 0 Å². The zero-order valence-corrected chi connectivity index (χ0v) is 25.0. The number of carbonyl (C=O) groups is 4. The van der Waals surface area contributed by atoms with E-state index in [2.05, 4.69) is 19.2 Å². The number of benzene rings is 3. The predicted molar refractivity (Wildman–Crippen MR) is 162 cm³/mol. The van der Waals surface area contributed by atoms with Gasteiger partial charge in [-0.05, 0) is 54.8 Å². The molecule has 1 fully saturated rings. The van der Waals surface area contributed by atoms with Crippen LogP contribution in [0.1, 0.15) is 47.9 Å². The highest BCUT2D eigenvalue weighted by Crippen LogP contribution is 2.32. The Hall–Kier alpha value is -4.50. The van der Waals surface area contributed by atoms with Crippen molar-refractivity contribution in [3.8, 4) is 5.75 Å². The molecule has 9 nitrogen and oxygen atoms in total. The summed E-state index contributed by atoms with van der Waals surface area (Å²) in [6.45, 7) is 4.31. The molecule has 0 saturated carbocycles. The second-order valence-corrected chi connectivity index (χ2v) is 11.2. The van der Waals surface area contributed by atoms with E-state index in [-0.39, 0.29) is 24.9 Å². The summed E-state index contributed by atoms with van der Waals surface area (Å²) in [4.78, 5) is 55.9. The Bertz CT molecular complexity index is 1380. The van der Waals surface area contributed by atoms with Crippen LogP contribution >= 0.6 is 0 Å². The molecule has 9 heteroatoms. The van der Waals surface area contributed by atoms with E-state index in [1.165, 1.54) is 12.0 Å². The fraction of sp³-hybridized carbons (Fsp3) is 0.353. The minimum Gasteiger partial charge on any atom is -0.483 e. The lowest BCUT2D eigenvalue weighted by molar-refractivity contribution is -0.148. The molecule has 0 aromatic heterocycles. The summed E-state index contributed by atoms with van der Waals surface area (Å²) < 4.78 is 11.5. The molecule has 1 aliphatic heterocycles. The molecule has 0 radical (unpaired) electrons. The smallest absolute Gasteiger partial charge is 0.328 e. The fourth-order valence-electron chi connectivity index (χ4n) is 5.35. The van der Waals surface area contributed by atoms with Crippen molar-refractivity contribution in [1.82, 2.24) is 15.1 Å². The Kier molecular flexibility index (Phi) is 10.7. The summed E-state index contributed by atoms with van der Waals surface area (Å²) in [5.41, 5.74) is 1.99. The topological polar surface area (TPSA) is 105 Å². The molecule has 3 aromatic rings. The monoisotopic (exact) mass is 585 g/mol. The van der Waals surface area contributed by atoms with Gasteiger partial charge >= 0.3 is 5.97 Å². The number of rotatable bonds is 13. The molecule has 1 heterocycles. The van der Waals surface area contributed by atoms with Gasteiger partial charge in [0.25, 0.3) is 0 Å². The maximum Gasteiger partial charge on any atom is 0.328 e. The van der Waals surface area contributed by atoms with Crippen molar-refractivity contribution in [3.05, 3.63) is 102 Å². The molecule has 0 bridgehead atoms. The van der Waals surface area contributed by atoms with Crippen molar-refractivity contribution >= 4 is 24.1 Å². The van der Waals surface area contributed by atoms with Gasteiger partial charge in [-0.3, -0.25) is 19.3 Å². The molecule has 43 heavy (non-hydrogen) atoms. The van der Waals surface area contributed by atoms with E-state index in [0.29, 0.717) is 23.3 Å². The molecule has 0 unspecified atom stereocenters. The lowest BCUT2D eigenvalue weighted by Gasteiger charge is -2.34. The normalized spacial score (nSPS) is 17.3. The number of aldehydes is 1. The number of methoxy groups -OCH3 is 1. The second-order valence-electron chi connectivity index (χ2n) is 11.2. The first kappa shape index (κ1) is 31.4. The van der Waals surface area contributed by atoms with Gasteiger partial charge in [-0.1, -0.05) is 74.5 Å². The molecule has 4 rings (SSSR count). The van der Waals surface area contributed by atoms with E-state index in [4.69, 9.17) is 9.47 Å². The third-order valence-corrected chi connectivity index (χ3v) is 7.55. The number of hydrogen-bond acceptors (Lipinski definition) is 7. The van der Waals surface area contributed by atoms with E-state index in [1.807, 2.05) is 72.6 Å². The summed E-state index contributed by atoms with van der Waals surface area (Å²) in [6, 6.07) is 22.6. The highest BCUT2D eigenvalue weighted by Gasteiger charge is 2.47. The molecule has 226 valence electrons. The number of likely N-dealkylation sites (N-methyl/N-ethyl adjacent to an activating group) is 1. The number of nitrogens with one attached hydrogen (secondary N) is 1. The van der Waals surface area contributed by atoms with Crippen LogP contribution in [0.3, 0.4) is 0 Å². The van der Waals surface area contributed by atoms with Gasteiger partial charge in [0.2, 0.25) is 11.8 Å². The zero-order valence-electron chi connectivity index (χ0n) is 25.0. The SMILES string of the molecule is COC(=O)[C@H](Cc1ccccc1)NC(=O)[C@@H]([C@H](Oc1ccc(C=O)cc1)c1ccccc1)N1CN(C)[C@@H](CC(C)C)C1=O. The second kappa shape index (κ2) is 14.6. The first-order chi connectivity index (χ1) is 20.7. The predicted octanol–water partition coefficient (Wildman–Crippen LogP) is 4.03. The number of nitrogens with zero attached hydrogens (tertiary/aromatic N) is 2. The molecule has 2 amide bonds. The van der Waals surface area contributed by atoms with Crippen molar-refractivity contribution in [2.75, 3.05) is 20.8 Å². The molecular formula is C34H39N3O6. The van der Waals surface area contributed by atoms with Gasteiger partial charge in [0.05, 0.1) is 19.8 Å². The Morgan fingerprint density at radius 2 is 1.60 bits per heavy atom. The number of carbonyl (C=O) groups excluding carboxylic acids is 4. The standard InChI is InChI=1S/C34H39N3O6/c1-23(2)19-29-33(40)37(22-36(29)3)30(32(39)35-28(34(41)42-4)20-24-11-7-5-8-12-24)31(26-13-9-6-10-14-26)43-27-17-15-25(21-38)16-18-27/h5-18,21,23,28-31H,19-20,22H2,1-4H3,(H,35,39)/t28-,29-,30+,31+/m0/s1. The molecule has 1 aliphatic rings. The van der Waals surface area contributed by atoms with Gasteiger partial charge in [0.1, 0.15) is 18.1 Å². The van der Waals surface area contributed by atoms with Crippen molar-refractivity contribution in [1.29, 1.82) is 0 Å². The van der Waals surface area contributed by atoms with Crippen LogP contribution in [0.2, 0.25) is 0 Å². The van der Waals surface area contributed by atoms with E-state index in [1.54, 1.807) is 24.3 Å². The molecule has 0 spiro atoms. The third kappa shape index (κ3) is 7.87. The lowest BCUT2D eigenvalue weighted by atomic mass is 9.97. The maximum absolute atomic E-state index is 14.4. The van der Waals surface area contributed by atoms with Crippen molar-refractivity contribution < 1.29 is 28.7 Å². The minimum atomic E-state index is -1.14. The van der Waals surface area contributed by atoms with Crippen LogP contribution in [-0.2, 0) is 25.5 Å². The molecule has 1 saturated heterocycles. The molecule has 1 N–H and O–H groups in total. The van der Waals surface area contributed by atoms with Gasteiger partial charge in [-0.25, -0.2) is 4.79 Å². The van der Waals surface area contributed by atoms with Crippen molar-refractivity contribution in [3.63, 3.8) is 0 Å². The summed E-state index contributed by atoms with van der Waals surface area (Å²) in [6.07, 6.45) is 0.638. The molecule has 4 atom stereocenters. The molecular weight excluding hydrogens is 546 g/mol. The van der Waals surface area contributed by atoms with Crippen LogP contribution in [0, 0.1) is 5.92 Å². The van der Waals surface area contributed by atoms with Crippen LogP contribution in [0.5, 0.6) is 5.75 Å². The van der Waals surface area contributed by atoms with Crippen LogP contribution in [0.15, 0.2) is 84.9 Å². The summed E-state index contributed by atoms with van der Waals surface area (Å²) in [7, 11) is 3.14. The largest absolute Gasteiger partial charge is 0.483 e. The number of ether oxygens (including phenoxy) is 2. The van der Waals surface area contributed by atoms with Gasteiger partial charge in [0, 0.05) is 12.0 Å². The summed E-state index contributed by atoms with van der Waals surface area (Å²) in [5.74, 6) is -0.646. The highest BCUT2D eigenvalue weighted by molar-refractivity contribution is 5.93. The van der Waals surface area contributed by atoms with Crippen LogP contribution in [0.25, 0.3) is 0 Å². The van der Waals surface area contributed by atoms with Crippen LogP contribution in [-0.4, -0.2) is 72.8 Å². The summed E-state index contributed by atoms with van der Waals surface area (Å²) >= 11 is 0. The van der Waals surface area contributed by atoms with E-state index in [0.717, 1.165) is 11.8 Å². The Labute approximate surface area is 252 Å². The zero-order chi connectivity index (χ0) is 30.9. The average molecular weight is 586 g/mol. The Morgan fingerprint density at radius 1 is 0.977 bits per heavy atom. The van der Waals surface area contributed by atoms with Gasteiger partial charge in [-0.15, -0.1) is 0 Å². The molecule has 0 aliphatic carbocycles. The lowest BCUT2D eigenvalue weighted by Crippen LogP contribution is -2.56. The minimum absolute atomic E-state index is 0.185. The van der Waals surface area contributed by atoms with Crippen molar-refractivity contribution in [2.45, 2.75) is 50.9 Å². The average Bonchev–Trinajstić information content (AvgIpc) is 3.28. The maximum atomic E-state index is 14.4. The van der Waals surface area contributed by atoms with Crippen LogP contribution in [0.4, 0.5) is 0 Å². The van der Waals surface area contributed by atoms with Crippen LogP contribution < -0.4 is 10.1 Å². The molecule has 3 aromatic carbocycles. The number of amides is 2. The van der Waals surface area contributed by atoms with Gasteiger partial charge in [-0.2, -0.15) is 0 Å². The first-order valence-corrected chi connectivity index (χ1v) is 14.4. The highest BCUT2D eigenvalue weighted by atomic mass is 16.5. The van der Waals surface area contributed by atoms with Gasteiger partial charge in [0.15, 0.2) is 12.1 Å². The fourth-order valence-corrected chi connectivity index (χ4v) is 5.35. The number of esters is 1. The quantitative estimate of drug-likeness (QED) is 0.239. The Morgan fingerprint density at radius 3 is 2.19 bits per heavy atom. The summed E-state index contributed by atoms with van der Waals surface area (Å²) in [5, 5.41) is 2.89. The van der Waals surface area contributed by atoms with E-state index in [9.17, 15) is 19.2 Å². The Balaban J connectivity index is 1.76.